The second-order valence-electron chi connectivity index (χ2n) is 5.11. The van der Waals surface area contributed by atoms with Crippen molar-refractivity contribution in [2.24, 2.45) is 0 Å². The zero-order chi connectivity index (χ0) is 19.3. The van der Waals surface area contributed by atoms with E-state index in [1.165, 1.54) is 53.3 Å². The third-order valence-corrected chi connectivity index (χ3v) is 9.11. The van der Waals surface area contributed by atoms with Gasteiger partial charge in [0.15, 0.2) is 5.15 Å². The average molecular weight is 502 g/mol. The molecular formula is C16H19Cl3N4S4. The van der Waals surface area contributed by atoms with Crippen molar-refractivity contribution in [1.82, 2.24) is 19.9 Å². The van der Waals surface area contributed by atoms with E-state index in [2.05, 4.69) is 43.5 Å². The van der Waals surface area contributed by atoms with Crippen molar-refractivity contribution >= 4 is 81.9 Å². The molecule has 0 amide bonds. The summed E-state index contributed by atoms with van der Waals surface area (Å²) in [6, 6.07) is 0. The summed E-state index contributed by atoms with van der Waals surface area (Å²) in [6.45, 7) is 0. The molecule has 0 aromatic carbocycles. The molecule has 0 radical (unpaired) electrons. The molecule has 27 heavy (non-hydrogen) atoms. The number of hydrogen-bond acceptors (Lipinski definition) is 8. The van der Waals surface area contributed by atoms with Crippen LogP contribution in [-0.2, 0) is 0 Å². The maximum atomic E-state index is 5.96. The lowest BCUT2D eigenvalue weighted by atomic mass is 10.5. The predicted octanol–water partition coefficient (Wildman–Crippen LogP) is 6.60. The largest absolute Gasteiger partial charge is 0.258 e. The molecular weight excluding hydrogens is 483 g/mol. The van der Waals surface area contributed by atoms with E-state index in [9.17, 15) is 0 Å². The van der Waals surface area contributed by atoms with Crippen molar-refractivity contribution in [2.75, 3.05) is 28.1 Å². The summed E-state index contributed by atoms with van der Waals surface area (Å²) in [5.74, 6) is 5.19. The monoisotopic (exact) mass is 500 g/mol. The van der Waals surface area contributed by atoms with Gasteiger partial charge in [0.25, 0.3) is 0 Å². The van der Waals surface area contributed by atoms with Crippen LogP contribution in [0.25, 0.3) is 0 Å². The molecule has 0 atom stereocenters. The summed E-state index contributed by atoms with van der Waals surface area (Å²) < 4.78 is 0.384. The van der Waals surface area contributed by atoms with E-state index in [0.29, 0.717) is 20.0 Å². The number of thioether (sulfide) groups is 4. The molecule has 0 spiro atoms. The molecule has 2 aliphatic heterocycles. The lowest BCUT2D eigenvalue weighted by Gasteiger charge is -2.20. The number of hydrogen-bond donors (Lipinski definition) is 0. The molecule has 0 aliphatic carbocycles. The number of aromatic nitrogens is 4. The maximum Gasteiger partial charge on any atom is 0.152 e. The Morgan fingerprint density at radius 3 is 1.85 bits per heavy atom. The Hall–Kier alpha value is 0.430. The van der Waals surface area contributed by atoms with Crippen molar-refractivity contribution in [2.45, 2.75) is 17.4 Å². The van der Waals surface area contributed by atoms with Gasteiger partial charge in [-0.15, -0.1) is 23.5 Å². The van der Waals surface area contributed by atoms with Crippen molar-refractivity contribution in [3.63, 3.8) is 0 Å². The quantitative estimate of drug-likeness (QED) is 0.433. The first-order valence-corrected chi connectivity index (χ1v) is 13.7. The van der Waals surface area contributed by atoms with Gasteiger partial charge in [0.1, 0.15) is 16.0 Å². The molecule has 2 saturated heterocycles. The molecule has 4 heterocycles. The third-order valence-electron chi connectivity index (χ3n) is 3.05. The van der Waals surface area contributed by atoms with E-state index in [-0.39, 0.29) is 0 Å². The van der Waals surface area contributed by atoms with E-state index in [4.69, 9.17) is 34.8 Å². The van der Waals surface area contributed by atoms with Crippen LogP contribution in [-0.4, -0.2) is 48.0 Å². The summed E-state index contributed by atoms with van der Waals surface area (Å²) in [5, 5.41) is 2.52. The average Bonchev–Trinajstić information content (AvgIpc) is 2.71. The molecule has 2 aromatic rings. The summed E-state index contributed by atoms with van der Waals surface area (Å²) in [4.78, 5) is 15.6. The summed E-state index contributed by atoms with van der Waals surface area (Å²) in [5.41, 5.74) is 0.930. The van der Waals surface area contributed by atoms with Crippen molar-refractivity contribution in [1.29, 1.82) is 0 Å². The highest BCUT2D eigenvalue weighted by Crippen LogP contribution is 2.44. The summed E-state index contributed by atoms with van der Waals surface area (Å²) >= 11 is 24.7. The first-order chi connectivity index (χ1) is 13.2. The van der Waals surface area contributed by atoms with E-state index >= 15 is 0 Å². The third kappa shape index (κ3) is 10.1. The van der Waals surface area contributed by atoms with Gasteiger partial charge in [-0.05, 0) is 35.9 Å². The minimum absolute atomic E-state index is 0.317. The SMILES string of the molecule is C1CSCSC1.Clc1cncc(Cl)n1.Clc1nccnc1C1SCCCS1. The second kappa shape index (κ2) is 14.4. The van der Waals surface area contributed by atoms with Crippen molar-refractivity contribution in [3.8, 4) is 0 Å². The Morgan fingerprint density at radius 1 is 0.815 bits per heavy atom. The molecule has 4 rings (SSSR count). The molecule has 0 N–H and O–H groups in total. The number of halogens is 3. The fraction of sp³-hybridized carbons (Fsp3) is 0.500. The molecule has 2 fully saturated rings. The molecule has 148 valence electrons. The lowest BCUT2D eigenvalue weighted by Crippen LogP contribution is -2.03. The van der Waals surface area contributed by atoms with Crippen LogP contribution in [0.15, 0.2) is 24.8 Å². The van der Waals surface area contributed by atoms with Crippen LogP contribution < -0.4 is 0 Å². The van der Waals surface area contributed by atoms with E-state index in [1.54, 1.807) is 12.4 Å². The zero-order valence-electron chi connectivity index (χ0n) is 14.4. The highest BCUT2D eigenvalue weighted by atomic mass is 35.5. The van der Waals surface area contributed by atoms with Crippen LogP contribution in [0.4, 0.5) is 0 Å². The first kappa shape index (κ1) is 23.7. The highest BCUT2D eigenvalue weighted by molar-refractivity contribution is 8.17. The Bertz CT molecular complexity index is 645. The Balaban J connectivity index is 0.000000159. The number of nitrogens with zero attached hydrogens (tertiary/aromatic N) is 4. The zero-order valence-corrected chi connectivity index (χ0v) is 19.9. The van der Waals surface area contributed by atoms with Gasteiger partial charge in [0.05, 0.1) is 17.0 Å². The van der Waals surface area contributed by atoms with Gasteiger partial charge in [-0.25, -0.2) is 9.97 Å². The molecule has 4 nitrogen and oxygen atoms in total. The van der Waals surface area contributed by atoms with Crippen LogP contribution in [0.5, 0.6) is 0 Å². The van der Waals surface area contributed by atoms with Gasteiger partial charge >= 0.3 is 0 Å². The lowest BCUT2D eigenvalue weighted by molar-refractivity contribution is 1.05. The van der Waals surface area contributed by atoms with Gasteiger partial charge < -0.3 is 0 Å². The van der Waals surface area contributed by atoms with E-state index < -0.39 is 0 Å². The van der Waals surface area contributed by atoms with Gasteiger partial charge in [-0.1, -0.05) is 34.8 Å². The standard InChI is InChI=1S/C8H9ClN2S2.C4H2Cl2N2.C4H8S2/c9-7-6(10-2-3-11-7)8-12-4-1-5-13-8;5-3-1-7-2-4(6)8-3;1-2-5-4-6-3-1/h2-3,8H,1,4-5H2;1-2H;1-4H2. The molecule has 2 aliphatic rings. The molecule has 0 unspecified atom stereocenters. The van der Waals surface area contributed by atoms with Crippen LogP contribution in [0.2, 0.25) is 15.5 Å². The molecule has 0 bridgehead atoms. The van der Waals surface area contributed by atoms with Gasteiger partial charge in [-0.3, -0.25) is 9.97 Å². The highest BCUT2D eigenvalue weighted by Gasteiger charge is 2.20. The summed E-state index contributed by atoms with van der Waals surface area (Å²) in [7, 11) is 0. The van der Waals surface area contributed by atoms with Crippen molar-refractivity contribution < 1.29 is 0 Å². The minimum atomic E-state index is 0.317. The predicted molar refractivity (Wildman–Crippen MR) is 126 cm³/mol. The van der Waals surface area contributed by atoms with Gasteiger partial charge in [-0.2, -0.15) is 23.5 Å². The summed E-state index contributed by atoms with van der Waals surface area (Å²) in [6.07, 6.45) is 8.89. The van der Waals surface area contributed by atoms with E-state index in [0.717, 1.165) is 5.69 Å². The van der Waals surface area contributed by atoms with Crippen LogP contribution in [0.3, 0.4) is 0 Å². The molecule has 2 aromatic heterocycles. The number of rotatable bonds is 1. The van der Waals surface area contributed by atoms with Gasteiger partial charge in [0, 0.05) is 17.5 Å². The molecule has 11 heteroatoms. The Kier molecular flexibility index (Phi) is 12.7. The minimum Gasteiger partial charge on any atom is -0.258 e. The fourth-order valence-electron chi connectivity index (χ4n) is 1.90. The second-order valence-corrected chi connectivity index (χ2v) is 11.5. The van der Waals surface area contributed by atoms with Crippen LogP contribution >= 0.6 is 81.9 Å². The smallest absolute Gasteiger partial charge is 0.152 e. The normalized spacial score (nSPS) is 17.1. The topological polar surface area (TPSA) is 51.6 Å². The van der Waals surface area contributed by atoms with Crippen LogP contribution in [0.1, 0.15) is 23.1 Å². The van der Waals surface area contributed by atoms with E-state index in [1.807, 2.05) is 23.5 Å². The van der Waals surface area contributed by atoms with Gasteiger partial charge in [0.2, 0.25) is 0 Å². The first-order valence-electron chi connectivity index (χ1n) is 8.15. The molecule has 0 saturated carbocycles. The van der Waals surface area contributed by atoms with Crippen LogP contribution in [0, 0.1) is 0 Å². The Morgan fingerprint density at radius 2 is 1.41 bits per heavy atom. The maximum absolute atomic E-state index is 5.96. The fourth-order valence-corrected chi connectivity index (χ4v) is 7.73. The van der Waals surface area contributed by atoms with Crippen molar-refractivity contribution in [3.05, 3.63) is 45.9 Å². The Labute approximate surface area is 192 Å².